The molecule has 84 valence electrons. The second-order valence-corrected chi connectivity index (χ2v) is 5.79. The Morgan fingerprint density at radius 1 is 1.27 bits per heavy atom. The zero-order valence-corrected chi connectivity index (χ0v) is 10.1. The minimum absolute atomic E-state index is 0.0352. The normalized spacial score (nSPS) is 11.7. The third kappa shape index (κ3) is 2.79. The molecule has 0 spiro atoms. The van der Waals surface area contributed by atoms with Crippen molar-refractivity contribution in [1.29, 1.82) is 0 Å². The van der Waals surface area contributed by atoms with E-state index in [0.29, 0.717) is 11.3 Å². The number of hydrogen-bond acceptors (Lipinski definition) is 3. The first kappa shape index (κ1) is 12.2. The zero-order chi connectivity index (χ0) is 11.6. The van der Waals surface area contributed by atoms with Gasteiger partial charge in [0.15, 0.2) is 9.84 Å². The Morgan fingerprint density at radius 3 is 2.33 bits per heavy atom. The van der Waals surface area contributed by atoms with Crippen LogP contribution in [-0.2, 0) is 16.3 Å². The van der Waals surface area contributed by atoms with Crippen LogP contribution in [-0.4, -0.2) is 26.4 Å². The van der Waals surface area contributed by atoms with Gasteiger partial charge in [0, 0.05) is 12.9 Å². The van der Waals surface area contributed by atoms with Gasteiger partial charge in [0.2, 0.25) is 0 Å². The van der Waals surface area contributed by atoms with Gasteiger partial charge in [-0.25, -0.2) is 8.42 Å². The molecule has 15 heavy (non-hydrogen) atoms. The van der Waals surface area contributed by atoms with Crippen LogP contribution in [0.5, 0.6) is 0 Å². The number of hydrogen-bond donors (Lipinski definition) is 1. The Balaban J connectivity index is 3.36. The topological polar surface area (TPSA) is 54.4 Å². The molecular weight excluding hydrogens is 212 g/mol. The molecule has 0 aliphatic rings. The fraction of sp³-hybridized carbons (Fsp3) is 0.455. The third-order valence-electron chi connectivity index (χ3n) is 2.56. The molecule has 0 aromatic heterocycles. The maximum Gasteiger partial charge on any atom is 0.175 e. The van der Waals surface area contributed by atoms with Gasteiger partial charge in [-0.1, -0.05) is 0 Å². The van der Waals surface area contributed by atoms with Gasteiger partial charge in [0.05, 0.1) is 4.90 Å². The van der Waals surface area contributed by atoms with E-state index in [0.717, 1.165) is 16.7 Å². The van der Waals surface area contributed by atoms with Gasteiger partial charge in [-0.2, -0.15) is 0 Å². The van der Waals surface area contributed by atoms with Crippen LogP contribution in [0.4, 0.5) is 0 Å². The van der Waals surface area contributed by atoms with Crippen LogP contribution in [0.3, 0.4) is 0 Å². The molecule has 0 saturated heterocycles. The monoisotopic (exact) mass is 228 g/mol. The lowest BCUT2D eigenvalue weighted by Crippen LogP contribution is -2.03. The lowest BCUT2D eigenvalue weighted by atomic mass is 10.0. The van der Waals surface area contributed by atoms with E-state index in [4.69, 9.17) is 5.11 Å². The van der Waals surface area contributed by atoms with Gasteiger partial charge in [0.25, 0.3) is 0 Å². The van der Waals surface area contributed by atoms with Crippen molar-refractivity contribution in [1.82, 2.24) is 0 Å². The Kier molecular flexibility index (Phi) is 3.52. The smallest absolute Gasteiger partial charge is 0.175 e. The fourth-order valence-corrected chi connectivity index (χ4v) is 2.24. The van der Waals surface area contributed by atoms with E-state index in [2.05, 4.69) is 0 Å². The number of sulfone groups is 1. The summed E-state index contributed by atoms with van der Waals surface area (Å²) in [6, 6.07) is 3.32. The van der Waals surface area contributed by atoms with Crippen LogP contribution in [0.2, 0.25) is 0 Å². The maximum atomic E-state index is 11.4. The van der Waals surface area contributed by atoms with Crippen molar-refractivity contribution in [2.75, 3.05) is 12.9 Å². The molecule has 0 saturated carbocycles. The predicted molar refractivity (Wildman–Crippen MR) is 59.8 cm³/mol. The first-order chi connectivity index (χ1) is 6.86. The average Bonchev–Trinajstić information content (AvgIpc) is 2.11. The Morgan fingerprint density at radius 2 is 1.87 bits per heavy atom. The van der Waals surface area contributed by atoms with Crippen molar-refractivity contribution >= 4 is 9.84 Å². The van der Waals surface area contributed by atoms with Crippen molar-refractivity contribution < 1.29 is 13.5 Å². The first-order valence-electron chi connectivity index (χ1n) is 4.77. The van der Waals surface area contributed by atoms with Crippen molar-refractivity contribution in [2.45, 2.75) is 25.2 Å². The molecule has 1 aromatic carbocycles. The van der Waals surface area contributed by atoms with Crippen LogP contribution in [0.1, 0.15) is 16.7 Å². The molecule has 1 aromatic rings. The third-order valence-corrected chi connectivity index (χ3v) is 3.65. The summed E-state index contributed by atoms with van der Waals surface area (Å²) in [7, 11) is -3.16. The molecule has 0 bridgehead atoms. The van der Waals surface area contributed by atoms with E-state index in [-0.39, 0.29) is 6.61 Å². The molecule has 4 heteroatoms. The summed E-state index contributed by atoms with van der Waals surface area (Å²) >= 11 is 0. The lowest BCUT2D eigenvalue weighted by molar-refractivity contribution is 0.299. The molecular formula is C11H16O3S. The molecule has 3 nitrogen and oxygen atoms in total. The summed E-state index contributed by atoms with van der Waals surface area (Å²) in [5.74, 6) is 0. The van der Waals surface area contributed by atoms with Crippen molar-refractivity contribution in [3.63, 3.8) is 0 Å². The fourth-order valence-electron chi connectivity index (χ4n) is 1.49. The molecule has 1 rings (SSSR count). The van der Waals surface area contributed by atoms with E-state index >= 15 is 0 Å². The SMILES string of the molecule is Cc1cc(S(C)(=O)=O)cc(CCO)c1C. The van der Waals surface area contributed by atoms with E-state index in [1.165, 1.54) is 6.26 Å². The summed E-state index contributed by atoms with van der Waals surface area (Å²) < 4.78 is 22.8. The summed E-state index contributed by atoms with van der Waals surface area (Å²) in [6.07, 6.45) is 1.69. The minimum atomic E-state index is -3.16. The van der Waals surface area contributed by atoms with Gasteiger partial charge in [-0.15, -0.1) is 0 Å². The van der Waals surface area contributed by atoms with E-state index in [9.17, 15) is 8.42 Å². The molecule has 0 heterocycles. The lowest BCUT2D eigenvalue weighted by Gasteiger charge is -2.10. The number of aliphatic hydroxyl groups is 1. The van der Waals surface area contributed by atoms with E-state index in [1.807, 2.05) is 13.8 Å². The number of aliphatic hydroxyl groups excluding tert-OH is 1. The molecule has 0 radical (unpaired) electrons. The quantitative estimate of drug-likeness (QED) is 0.847. The summed E-state index contributed by atoms with van der Waals surface area (Å²) in [4.78, 5) is 0.328. The second-order valence-electron chi connectivity index (χ2n) is 3.77. The highest BCUT2D eigenvalue weighted by Gasteiger charge is 2.11. The number of benzene rings is 1. The van der Waals surface area contributed by atoms with Gasteiger partial charge >= 0.3 is 0 Å². The minimum Gasteiger partial charge on any atom is -0.396 e. The number of rotatable bonds is 3. The highest BCUT2D eigenvalue weighted by molar-refractivity contribution is 7.90. The predicted octanol–water partition coefficient (Wildman–Crippen LogP) is 1.24. The standard InChI is InChI=1S/C11H16O3S/c1-8-6-11(15(3,13)14)7-10(4-5-12)9(8)2/h6-7,12H,4-5H2,1-3H3. The molecule has 0 amide bonds. The van der Waals surface area contributed by atoms with Crippen molar-refractivity contribution in [3.05, 3.63) is 28.8 Å². The first-order valence-corrected chi connectivity index (χ1v) is 6.66. The second kappa shape index (κ2) is 4.33. The Bertz CT molecular complexity index is 461. The van der Waals surface area contributed by atoms with E-state index < -0.39 is 9.84 Å². The van der Waals surface area contributed by atoms with E-state index in [1.54, 1.807) is 12.1 Å². The largest absolute Gasteiger partial charge is 0.396 e. The molecule has 1 N–H and O–H groups in total. The van der Waals surface area contributed by atoms with Crippen molar-refractivity contribution in [3.8, 4) is 0 Å². The molecule has 0 aliphatic heterocycles. The molecule has 0 unspecified atom stereocenters. The zero-order valence-electron chi connectivity index (χ0n) is 9.24. The Labute approximate surface area is 90.7 Å². The summed E-state index contributed by atoms with van der Waals surface area (Å²) in [5, 5.41) is 8.88. The summed E-state index contributed by atoms with van der Waals surface area (Å²) in [6.45, 7) is 3.85. The number of aryl methyl sites for hydroxylation is 1. The van der Waals surface area contributed by atoms with Gasteiger partial charge < -0.3 is 5.11 Å². The average molecular weight is 228 g/mol. The van der Waals surface area contributed by atoms with Crippen LogP contribution in [0.15, 0.2) is 17.0 Å². The molecule has 0 atom stereocenters. The van der Waals surface area contributed by atoms with Gasteiger partial charge in [-0.05, 0) is 49.1 Å². The van der Waals surface area contributed by atoms with Gasteiger partial charge in [-0.3, -0.25) is 0 Å². The van der Waals surface area contributed by atoms with Crippen LogP contribution < -0.4 is 0 Å². The maximum absolute atomic E-state index is 11.4. The van der Waals surface area contributed by atoms with Crippen LogP contribution in [0.25, 0.3) is 0 Å². The highest BCUT2D eigenvalue weighted by atomic mass is 32.2. The Hall–Kier alpha value is -0.870. The van der Waals surface area contributed by atoms with Gasteiger partial charge in [0.1, 0.15) is 0 Å². The van der Waals surface area contributed by atoms with Crippen LogP contribution in [0, 0.1) is 13.8 Å². The highest BCUT2D eigenvalue weighted by Crippen LogP contribution is 2.20. The molecule has 0 fully saturated rings. The molecule has 0 aliphatic carbocycles. The summed E-state index contributed by atoms with van der Waals surface area (Å²) in [5.41, 5.74) is 2.90. The van der Waals surface area contributed by atoms with Crippen LogP contribution >= 0.6 is 0 Å². The van der Waals surface area contributed by atoms with Crippen molar-refractivity contribution in [2.24, 2.45) is 0 Å².